The van der Waals surface area contributed by atoms with E-state index in [1.54, 1.807) is 6.20 Å². The van der Waals surface area contributed by atoms with Gasteiger partial charge in [-0.15, -0.1) is 0 Å². The molecule has 5 nitrogen and oxygen atoms in total. The summed E-state index contributed by atoms with van der Waals surface area (Å²) in [5.74, 6) is -0.0969. The van der Waals surface area contributed by atoms with Crippen LogP contribution in [0.5, 0.6) is 0 Å². The minimum absolute atomic E-state index is 0.0969. The number of rotatable bonds is 6. The number of carbonyl (C=O) groups excluding carboxylic acids is 1. The van der Waals surface area contributed by atoms with Gasteiger partial charge in [0.05, 0.1) is 10.4 Å². The Morgan fingerprint density at radius 1 is 1.04 bits per heavy atom. The number of ketones is 1. The Bertz CT molecular complexity index is 1010. The fourth-order valence-corrected chi connectivity index (χ4v) is 3.67. The molecule has 0 unspecified atom stereocenters. The molecule has 0 saturated heterocycles. The van der Waals surface area contributed by atoms with E-state index in [0.717, 1.165) is 16.5 Å². The van der Waals surface area contributed by atoms with Crippen LogP contribution in [0.25, 0.3) is 10.9 Å². The number of sulfonamides is 1. The van der Waals surface area contributed by atoms with Gasteiger partial charge in [0.25, 0.3) is 0 Å². The van der Waals surface area contributed by atoms with Gasteiger partial charge < -0.3 is 0 Å². The molecule has 25 heavy (non-hydrogen) atoms. The molecular weight excluding hydrogens is 336 g/mol. The molecule has 0 aliphatic heterocycles. The quantitative estimate of drug-likeness (QED) is 0.691. The number of hydrogen-bond donors (Lipinski definition) is 1. The fraction of sp³-hybridized carbons (Fsp3) is 0.158. The van der Waals surface area contributed by atoms with Crippen LogP contribution in [0.3, 0.4) is 0 Å². The van der Waals surface area contributed by atoms with Crippen molar-refractivity contribution in [3.8, 4) is 0 Å². The molecule has 0 amide bonds. The molecule has 2 aromatic carbocycles. The third-order valence-corrected chi connectivity index (χ3v) is 5.45. The first-order valence-corrected chi connectivity index (χ1v) is 9.39. The summed E-state index contributed by atoms with van der Waals surface area (Å²) < 4.78 is 27.3. The smallest absolute Gasteiger partial charge is 0.240 e. The Morgan fingerprint density at radius 2 is 1.76 bits per heavy atom. The van der Waals surface area contributed by atoms with Crippen LogP contribution in [-0.4, -0.2) is 25.7 Å². The van der Waals surface area contributed by atoms with E-state index < -0.39 is 10.0 Å². The van der Waals surface area contributed by atoms with Crippen LogP contribution in [0.1, 0.15) is 22.8 Å². The summed E-state index contributed by atoms with van der Waals surface area (Å²) in [7, 11) is -3.61. The second kappa shape index (κ2) is 7.13. The lowest BCUT2D eigenvalue weighted by atomic mass is 10.1. The molecule has 0 saturated carbocycles. The van der Waals surface area contributed by atoms with Crippen molar-refractivity contribution in [2.24, 2.45) is 0 Å². The highest BCUT2D eigenvalue weighted by Gasteiger charge is 2.14. The monoisotopic (exact) mass is 354 g/mol. The van der Waals surface area contributed by atoms with Gasteiger partial charge in [-0.3, -0.25) is 9.78 Å². The van der Waals surface area contributed by atoms with Crippen LogP contribution in [-0.2, 0) is 16.4 Å². The van der Waals surface area contributed by atoms with E-state index in [1.165, 1.54) is 31.2 Å². The summed E-state index contributed by atoms with van der Waals surface area (Å²) in [5.41, 5.74) is 2.36. The number of aromatic nitrogens is 1. The summed E-state index contributed by atoms with van der Waals surface area (Å²) in [6.45, 7) is 1.71. The summed E-state index contributed by atoms with van der Waals surface area (Å²) >= 11 is 0. The summed E-state index contributed by atoms with van der Waals surface area (Å²) in [6.07, 6.45) is 2.27. The summed E-state index contributed by atoms with van der Waals surface area (Å²) in [4.78, 5) is 15.8. The Hall–Kier alpha value is -2.57. The first-order valence-electron chi connectivity index (χ1n) is 7.91. The molecule has 1 heterocycles. The highest BCUT2D eigenvalue weighted by molar-refractivity contribution is 7.89. The number of nitrogens with zero attached hydrogens (tertiary/aromatic N) is 1. The van der Waals surface area contributed by atoms with E-state index in [-0.39, 0.29) is 17.2 Å². The number of Topliss-reactive ketones (excluding diaryl/α,β-unsaturated/α-hetero) is 1. The van der Waals surface area contributed by atoms with Gasteiger partial charge in [0.1, 0.15) is 0 Å². The molecule has 3 rings (SSSR count). The van der Waals surface area contributed by atoms with Crippen molar-refractivity contribution >= 4 is 26.7 Å². The summed E-state index contributed by atoms with van der Waals surface area (Å²) in [6, 6.07) is 15.6. The van der Waals surface area contributed by atoms with Gasteiger partial charge in [0.15, 0.2) is 5.78 Å². The second-order valence-corrected chi connectivity index (χ2v) is 7.49. The Balaban J connectivity index is 1.71. The van der Waals surface area contributed by atoms with Crippen molar-refractivity contribution in [3.63, 3.8) is 0 Å². The Morgan fingerprint density at radius 3 is 2.48 bits per heavy atom. The third-order valence-electron chi connectivity index (χ3n) is 3.97. The van der Waals surface area contributed by atoms with E-state index in [9.17, 15) is 13.2 Å². The van der Waals surface area contributed by atoms with Gasteiger partial charge in [-0.25, -0.2) is 13.1 Å². The first-order chi connectivity index (χ1) is 12.0. The molecule has 0 spiro atoms. The SMILES string of the molecule is CC(=O)c1ccc(S(=O)(=O)NCCc2cccc3cccnc23)cc1. The van der Waals surface area contributed by atoms with Gasteiger partial charge in [0, 0.05) is 23.7 Å². The number of nitrogens with one attached hydrogen (secondary N) is 1. The van der Waals surface area contributed by atoms with Crippen LogP contribution < -0.4 is 4.72 Å². The van der Waals surface area contributed by atoms with Gasteiger partial charge in [0.2, 0.25) is 10.0 Å². The number of fused-ring (bicyclic) bond motifs is 1. The topological polar surface area (TPSA) is 76.1 Å². The van der Waals surface area contributed by atoms with Gasteiger partial charge >= 0.3 is 0 Å². The molecule has 6 heteroatoms. The average molecular weight is 354 g/mol. The van der Waals surface area contributed by atoms with Gasteiger partial charge in [-0.05, 0) is 37.1 Å². The van der Waals surface area contributed by atoms with Crippen LogP contribution in [0.2, 0.25) is 0 Å². The van der Waals surface area contributed by atoms with Crippen LogP contribution in [0.4, 0.5) is 0 Å². The number of hydrogen-bond acceptors (Lipinski definition) is 4. The number of benzene rings is 2. The lowest BCUT2D eigenvalue weighted by Crippen LogP contribution is -2.26. The maximum Gasteiger partial charge on any atom is 0.240 e. The molecule has 0 bridgehead atoms. The molecule has 3 aromatic rings. The Labute approximate surface area is 146 Å². The van der Waals surface area contributed by atoms with Crippen molar-refractivity contribution in [1.29, 1.82) is 0 Å². The molecule has 0 radical (unpaired) electrons. The number of para-hydroxylation sites is 1. The van der Waals surface area contributed by atoms with Crippen molar-refractivity contribution in [2.45, 2.75) is 18.2 Å². The third kappa shape index (κ3) is 3.92. The highest BCUT2D eigenvalue weighted by Crippen LogP contribution is 2.16. The zero-order valence-corrected chi connectivity index (χ0v) is 14.6. The zero-order chi connectivity index (χ0) is 17.9. The minimum Gasteiger partial charge on any atom is -0.295 e. The van der Waals surface area contributed by atoms with E-state index in [4.69, 9.17) is 0 Å². The number of carbonyl (C=O) groups is 1. The maximum atomic E-state index is 12.4. The van der Waals surface area contributed by atoms with E-state index in [2.05, 4.69) is 9.71 Å². The standard InChI is InChI=1S/C19H18N2O3S/c1-14(22)15-7-9-18(10-8-15)25(23,24)21-13-11-17-5-2-4-16-6-3-12-20-19(16)17/h2-10,12,21H,11,13H2,1H3. The van der Waals surface area contributed by atoms with Crippen LogP contribution in [0.15, 0.2) is 65.7 Å². The molecule has 0 atom stereocenters. The van der Waals surface area contributed by atoms with E-state index in [0.29, 0.717) is 12.0 Å². The van der Waals surface area contributed by atoms with Crippen molar-refractivity contribution < 1.29 is 13.2 Å². The highest BCUT2D eigenvalue weighted by atomic mass is 32.2. The zero-order valence-electron chi connectivity index (χ0n) is 13.8. The second-order valence-electron chi connectivity index (χ2n) is 5.72. The molecule has 0 aliphatic carbocycles. The fourth-order valence-electron chi connectivity index (χ4n) is 2.64. The predicted octanol–water partition coefficient (Wildman–Crippen LogP) is 2.96. The van der Waals surface area contributed by atoms with Gasteiger partial charge in [-0.2, -0.15) is 0 Å². The van der Waals surface area contributed by atoms with Gasteiger partial charge in [-0.1, -0.05) is 36.4 Å². The predicted molar refractivity (Wildman–Crippen MR) is 97.1 cm³/mol. The Kier molecular flexibility index (Phi) is 4.92. The largest absolute Gasteiger partial charge is 0.295 e. The average Bonchev–Trinajstić information content (AvgIpc) is 2.62. The number of pyridine rings is 1. The molecule has 1 aromatic heterocycles. The lowest BCUT2D eigenvalue weighted by Gasteiger charge is -2.09. The molecule has 128 valence electrons. The summed E-state index contributed by atoms with van der Waals surface area (Å²) in [5, 5.41) is 1.03. The molecular formula is C19H18N2O3S. The maximum absolute atomic E-state index is 12.4. The molecule has 1 N–H and O–H groups in total. The van der Waals surface area contributed by atoms with E-state index >= 15 is 0 Å². The normalized spacial score (nSPS) is 11.6. The van der Waals surface area contributed by atoms with Crippen molar-refractivity contribution in [1.82, 2.24) is 9.71 Å². The first kappa shape index (κ1) is 17.3. The van der Waals surface area contributed by atoms with Crippen molar-refractivity contribution in [2.75, 3.05) is 6.54 Å². The van der Waals surface area contributed by atoms with Crippen molar-refractivity contribution in [3.05, 3.63) is 71.9 Å². The minimum atomic E-state index is -3.61. The lowest BCUT2D eigenvalue weighted by molar-refractivity contribution is 0.101. The molecule has 0 fully saturated rings. The molecule has 0 aliphatic rings. The van der Waals surface area contributed by atoms with E-state index in [1.807, 2.05) is 30.3 Å². The van der Waals surface area contributed by atoms with Crippen LogP contribution in [0, 0.1) is 0 Å². The van der Waals surface area contributed by atoms with Crippen LogP contribution >= 0.6 is 0 Å².